The van der Waals surface area contributed by atoms with Gasteiger partial charge in [-0.1, -0.05) is 0 Å². The summed E-state index contributed by atoms with van der Waals surface area (Å²) in [7, 11) is 0. The Labute approximate surface area is 59.0 Å². The lowest BCUT2D eigenvalue weighted by molar-refractivity contribution is 0.154. The third-order valence-corrected chi connectivity index (χ3v) is 3.42. The van der Waals surface area contributed by atoms with E-state index >= 15 is 0 Å². The summed E-state index contributed by atoms with van der Waals surface area (Å²) < 4.78 is 0. The monoisotopic (exact) mass is 145 g/mol. The molecule has 0 spiro atoms. The van der Waals surface area contributed by atoms with Crippen LogP contribution < -0.4 is 5.32 Å². The average Bonchev–Trinajstić information content (AvgIpc) is 2.35. The van der Waals surface area contributed by atoms with E-state index < -0.39 is 0 Å². The Morgan fingerprint density at radius 3 is 3.11 bits per heavy atom. The Morgan fingerprint density at radius 1 is 1.44 bits per heavy atom. The molecule has 2 aliphatic rings. The summed E-state index contributed by atoms with van der Waals surface area (Å²) in [5, 5.41) is 12.6. The number of thioether (sulfide) groups is 1. The smallest absolute Gasteiger partial charge is 0.0715 e. The predicted molar refractivity (Wildman–Crippen MR) is 38.6 cm³/mol. The molecule has 9 heavy (non-hydrogen) atoms. The summed E-state index contributed by atoms with van der Waals surface area (Å²) in [5.74, 6) is 2.90. The number of hydrogen-bond acceptors (Lipinski definition) is 3. The first-order valence-electron chi connectivity index (χ1n) is 3.37. The van der Waals surface area contributed by atoms with Crippen LogP contribution in [-0.2, 0) is 0 Å². The molecule has 0 radical (unpaired) electrons. The first-order chi connectivity index (χ1) is 4.38. The minimum atomic E-state index is -0.0648. The molecular weight excluding hydrogens is 134 g/mol. The van der Waals surface area contributed by atoms with Crippen molar-refractivity contribution in [3.63, 3.8) is 0 Å². The fourth-order valence-corrected chi connectivity index (χ4v) is 3.07. The maximum atomic E-state index is 9.32. The fraction of sp³-hybridized carbons (Fsp3) is 1.00. The molecule has 2 heterocycles. The summed E-state index contributed by atoms with van der Waals surface area (Å²) in [6.07, 6.45) is -0.0648. The Bertz CT molecular complexity index is 120. The molecule has 2 saturated heterocycles. The van der Waals surface area contributed by atoms with Crippen LogP contribution in [0.25, 0.3) is 0 Å². The highest BCUT2D eigenvalue weighted by Crippen LogP contribution is 2.30. The molecule has 0 aromatic carbocycles. The zero-order chi connectivity index (χ0) is 6.27. The fourth-order valence-electron chi connectivity index (χ4n) is 1.58. The third kappa shape index (κ3) is 0.876. The van der Waals surface area contributed by atoms with Crippen LogP contribution in [0, 0.1) is 5.92 Å². The first kappa shape index (κ1) is 6.01. The van der Waals surface area contributed by atoms with E-state index in [2.05, 4.69) is 5.32 Å². The van der Waals surface area contributed by atoms with Crippen LogP contribution in [0.3, 0.4) is 0 Å². The van der Waals surface area contributed by atoms with Gasteiger partial charge >= 0.3 is 0 Å². The van der Waals surface area contributed by atoms with Gasteiger partial charge in [-0.3, -0.25) is 0 Å². The van der Waals surface area contributed by atoms with Gasteiger partial charge in [0.15, 0.2) is 0 Å². The van der Waals surface area contributed by atoms with Gasteiger partial charge in [0.2, 0.25) is 0 Å². The molecule has 2 N–H and O–H groups in total. The molecule has 0 aliphatic carbocycles. The van der Waals surface area contributed by atoms with Crippen molar-refractivity contribution < 1.29 is 5.11 Å². The summed E-state index contributed by atoms with van der Waals surface area (Å²) in [6.45, 7) is 0.815. The second-order valence-electron chi connectivity index (χ2n) is 2.78. The van der Waals surface area contributed by atoms with Crippen molar-refractivity contribution in [3.05, 3.63) is 0 Å². The van der Waals surface area contributed by atoms with E-state index in [0.717, 1.165) is 12.3 Å². The van der Waals surface area contributed by atoms with E-state index in [9.17, 15) is 5.11 Å². The lowest BCUT2D eigenvalue weighted by atomic mass is 10.0. The first-order valence-corrected chi connectivity index (χ1v) is 4.52. The minimum Gasteiger partial charge on any atom is -0.391 e. The Kier molecular flexibility index (Phi) is 1.43. The van der Waals surface area contributed by atoms with Crippen molar-refractivity contribution in [3.8, 4) is 0 Å². The molecule has 2 nitrogen and oxygen atoms in total. The van der Waals surface area contributed by atoms with Crippen LogP contribution in [-0.4, -0.2) is 35.3 Å². The standard InChI is InChI=1S/C6H11NOS/c8-6-1-7-5-3-9-2-4(5)6/h4-8H,1-3H2. The zero-order valence-electron chi connectivity index (χ0n) is 5.21. The summed E-state index contributed by atoms with van der Waals surface area (Å²) in [6, 6.07) is 0.616. The molecule has 2 aliphatic heterocycles. The van der Waals surface area contributed by atoms with Gasteiger partial charge in [-0.2, -0.15) is 11.8 Å². The van der Waals surface area contributed by atoms with E-state index in [0.29, 0.717) is 12.0 Å². The van der Waals surface area contributed by atoms with E-state index in [4.69, 9.17) is 0 Å². The number of aliphatic hydroxyl groups is 1. The van der Waals surface area contributed by atoms with Gasteiger partial charge in [-0.25, -0.2) is 0 Å². The van der Waals surface area contributed by atoms with Gasteiger partial charge in [0.1, 0.15) is 0 Å². The van der Waals surface area contributed by atoms with E-state index in [-0.39, 0.29) is 6.10 Å². The number of rotatable bonds is 0. The summed E-state index contributed by atoms with van der Waals surface area (Å²) >= 11 is 1.95. The molecular formula is C6H11NOS. The van der Waals surface area contributed by atoms with Crippen molar-refractivity contribution in [2.75, 3.05) is 18.1 Å². The zero-order valence-corrected chi connectivity index (χ0v) is 6.03. The van der Waals surface area contributed by atoms with Gasteiger partial charge in [0, 0.05) is 30.0 Å². The van der Waals surface area contributed by atoms with Gasteiger partial charge < -0.3 is 10.4 Å². The molecule has 0 aromatic rings. The highest BCUT2D eigenvalue weighted by molar-refractivity contribution is 7.99. The van der Waals surface area contributed by atoms with Crippen LogP contribution in [0.1, 0.15) is 0 Å². The predicted octanol–water partition coefficient (Wildman–Crippen LogP) is -0.318. The van der Waals surface area contributed by atoms with Crippen LogP contribution in [0.15, 0.2) is 0 Å². The quantitative estimate of drug-likeness (QED) is 0.490. The molecule has 0 amide bonds. The number of fused-ring (bicyclic) bond motifs is 1. The number of aliphatic hydroxyl groups excluding tert-OH is 1. The van der Waals surface area contributed by atoms with Gasteiger partial charge in [-0.15, -0.1) is 0 Å². The van der Waals surface area contributed by atoms with Gasteiger partial charge in [0.05, 0.1) is 6.10 Å². The maximum Gasteiger partial charge on any atom is 0.0715 e. The van der Waals surface area contributed by atoms with Crippen molar-refractivity contribution >= 4 is 11.8 Å². The number of nitrogens with one attached hydrogen (secondary N) is 1. The SMILES string of the molecule is OC1CNC2CSCC12. The van der Waals surface area contributed by atoms with E-state index in [1.807, 2.05) is 11.8 Å². The van der Waals surface area contributed by atoms with E-state index in [1.165, 1.54) is 5.75 Å². The number of hydrogen-bond donors (Lipinski definition) is 2. The van der Waals surface area contributed by atoms with Gasteiger partial charge in [0.25, 0.3) is 0 Å². The second-order valence-corrected chi connectivity index (χ2v) is 3.86. The lowest BCUT2D eigenvalue weighted by Gasteiger charge is -2.08. The molecule has 0 saturated carbocycles. The molecule has 2 rings (SSSR count). The lowest BCUT2D eigenvalue weighted by Crippen LogP contribution is -2.25. The molecule has 3 unspecified atom stereocenters. The highest BCUT2D eigenvalue weighted by Gasteiger charge is 2.38. The molecule has 2 fully saturated rings. The van der Waals surface area contributed by atoms with E-state index in [1.54, 1.807) is 0 Å². The number of β-amino-alcohol motifs (C(OH)–C–C–N with tert-alkyl or cyclic N) is 1. The normalized spacial score (nSPS) is 49.7. The third-order valence-electron chi connectivity index (χ3n) is 2.21. The Hall–Kier alpha value is 0.270. The molecule has 0 aromatic heterocycles. The summed E-state index contributed by atoms with van der Waals surface area (Å²) in [4.78, 5) is 0. The van der Waals surface area contributed by atoms with Gasteiger partial charge in [-0.05, 0) is 0 Å². The van der Waals surface area contributed by atoms with Crippen molar-refractivity contribution in [1.82, 2.24) is 5.32 Å². The molecule has 0 bridgehead atoms. The Balaban J connectivity index is 2.07. The maximum absolute atomic E-state index is 9.32. The van der Waals surface area contributed by atoms with Crippen LogP contribution in [0.5, 0.6) is 0 Å². The van der Waals surface area contributed by atoms with Crippen molar-refractivity contribution in [2.45, 2.75) is 12.1 Å². The summed E-state index contributed by atoms with van der Waals surface area (Å²) in [5.41, 5.74) is 0. The molecule has 3 heteroatoms. The minimum absolute atomic E-state index is 0.0648. The Morgan fingerprint density at radius 2 is 2.33 bits per heavy atom. The van der Waals surface area contributed by atoms with Crippen LogP contribution in [0.4, 0.5) is 0 Å². The molecule has 3 atom stereocenters. The molecule has 52 valence electrons. The highest BCUT2D eigenvalue weighted by atomic mass is 32.2. The van der Waals surface area contributed by atoms with Crippen molar-refractivity contribution in [2.24, 2.45) is 5.92 Å². The largest absolute Gasteiger partial charge is 0.391 e. The van der Waals surface area contributed by atoms with Crippen LogP contribution in [0.2, 0.25) is 0 Å². The average molecular weight is 145 g/mol. The van der Waals surface area contributed by atoms with Crippen LogP contribution >= 0.6 is 11.8 Å². The second kappa shape index (κ2) is 2.15. The van der Waals surface area contributed by atoms with Crippen molar-refractivity contribution in [1.29, 1.82) is 0 Å². The topological polar surface area (TPSA) is 32.3 Å².